The van der Waals surface area contributed by atoms with Gasteiger partial charge in [0.25, 0.3) is 0 Å². The first-order valence-corrected chi connectivity index (χ1v) is 7.30. The Kier molecular flexibility index (Phi) is 4.98. The smallest absolute Gasteiger partial charge is 0.119 e. The van der Waals surface area contributed by atoms with Crippen molar-refractivity contribution in [3.63, 3.8) is 0 Å². The number of ether oxygens (including phenoxy) is 1. The Bertz CT molecular complexity index is 574. The Morgan fingerprint density at radius 2 is 1.95 bits per heavy atom. The number of aromatic nitrogens is 2. The third kappa shape index (κ3) is 3.62. The Balaban J connectivity index is 2.28. The molecule has 0 bridgehead atoms. The number of hydrogen-bond acceptors (Lipinski definition) is 4. The Labute approximate surface area is 126 Å². The number of aryl methyl sites for hydroxylation is 2. The molecule has 21 heavy (non-hydrogen) atoms. The van der Waals surface area contributed by atoms with E-state index in [2.05, 4.69) is 17.4 Å². The van der Waals surface area contributed by atoms with Crippen LogP contribution in [0.25, 0.3) is 0 Å². The molecule has 0 spiro atoms. The van der Waals surface area contributed by atoms with E-state index in [0.29, 0.717) is 0 Å². The Morgan fingerprint density at radius 3 is 2.48 bits per heavy atom. The number of nitrogens with zero attached hydrogens (tertiary/aromatic N) is 2. The second kappa shape index (κ2) is 6.74. The zero-order valence-corrected chi connectivity index (χ0v) is 13.1. The van der Waals surface area contributed by atoms with Crippen LogP contribution in [0.2, 0.25) is 0 Å². The molecule has 0 aliphatic heterocycles. The van der Waals surface area contributed by atoms with Gasteiger partial charge in [-0.15, -0.1) is 0 Å². The average molecular weight is 288 g/mol. The van der Waals surface area contributed by atoms with Crippen molar-refractivity contribution in [3.05, 3.63) is 47.3 Å². The van der Waals surface area contributed by atoms with E-state index in [1.807, 2.05) is 56.0 Å². The number of hydrazine groups is 1. The number of rotatable bonds is 6. The van der Waals surface area contributed by atoms with E-state index >= 15 is 0 Å². The third-order valence-electron chi connectivity index (χ3n) is 3.34. The van der Waals surface area contributed by atoms with Gasteiger partial charge >= 0.3 is 0 Å². The lowest BCUT2D eigenvalue weighted by molar-refractivity contribution is 0.242. The normalized spacial score (nSPS) is 12.7. The van der Waals surface area contributed by atoms with Crippen LogP contribution in [0.4, 0.5) is 0 Å². The van der Waals surface area contributed by atoms with Gasteiger partial charge in [-0.2, -0.15) is 5.10 Å². The fourth-order valence-corrected chi connectivity index (χ4v) is 2.45. The van der Waals surface area contributed by atoms with Gasteiger partial charge in [-0.25, -0.2) is 5.43 Å². The van der Waals surface area contributed by atoms with Crippen LogP contribution in [0.15, 0.2) is 30.5 Å². The first-order valence-electron chi connectivity index (χ1n) is 7.30. The first-order chi connectivity index (χ1) is 10.0. The molecule has 3 N–H and O–H groups in total. The molecule has 1 heterocycles. The van der Waals surface area contributed by atoms with Gasteiger partial charge in [-0.05, 0) is 38.0 Å². The molecular weight excluding hydrogens is 264 g/mol. The summed E-state index contributed by atoms with van der Waals surface area (Å²) in [5.74, 6) is 6.64. The average Bonchev–Trinajstić information content (AvgIpc) is 2.82. The molecule has 1 unspecified atom stereocenters. The lowest BCUT2D eigenvalue weighted by atomic mass is 9.99. The van der Waals surface area contributed by atoms with Crippen molar-refractivity contribution in [2.45, 2.75) is 39.3 Å². The van der Waals surface area contributed by atoms with Crippen molar-refractivity contribution in [2.24, 2.45) is 12.9 Å². The summed E-state index contributed by atoms with van der Waals surface area (Å²) in [6.07, 6.45) is 3.06. The molecule has 5 heteroatoms. The van der Waals surface area contributed by atoms with Crippen LogP contribution in [-0.4, -0.2) is 15.9 Å². The van der Waals surface area contributed by atoms with Gasteiger partial charge < -0.3 is 4.74 Å². The van der Waals surface area contributed by atoms with Crippen molar-refractivity contribution in [2.75, 3.05) is 0 Å². The SMILES string of the molecule is CCc1nn(C)cc1C(NN)c1ccc(OC(C)C)cc1. The van der Waals surface area contributed by atoms with Gasteiger partial charge in [0.1, 0.15) is 5.75 Å². The molecule has 2 aromatic rings. The molecule has 0 saturated carbocycles. The molecule has 1 atom stereocenters. The van der Waals surface area contributed by atoms with E-state index in [4.69, 9.17) is 10.6 Å². The molecule has 114 valence electrons. The highest BCUT2D eigenvalue weighted by molar-refractivity contribution is 5.36. The van der Waals surface area contributed by atoms with Crippen molar-refractivity contribution >= 4 is 0 Å². The maximum atomic E-state index is 5.77. The van der Waals surface area contributed by atoms with Gasteiger partial charge in [-0.1, -0.05) is 19.1 Å². The number of hydrogen-bond donors (Lipinski definition) is 2. The molecule has 0 fully saturated rings. The highest BCUT2D eigenvalue weighted by Gasteiger charge is 2.18. The molecule has 0 radical (unpaired) electrons. The predicted molar refractivity (Wildman–Crippen MR) is 84.0 cm³/mol. The van der Waals surface area contributed by atoms with Crippen LogP contribution in [0.5, 0.6) is 5.75 Å². The number of benzene rings is 1. The van der Waals surface area contributed by atoms with E-state index in [1.54, 1.807) is 0 Å². The highest BCUT2D eigenvalue weighted by Crippen LogP contribution is 2.26. The van der Waals surface area contributed by atoms with Gasteiger partial charge in [0, 0.05) is 18.8 Å². The quantitative estimate of drug-likeness (QED) is 0.632. The van der Waals surface area contributed by atoms with Gasteiger partial charge in [0.15, 0.2) is 0 Å². The lowest BCUT2D eigenvalue weighted by Crippen LogP contribution is -2.29. The van der Waals surface area contributed by atoms with Crippen molar-refractivity contribution in [3.8, 4) is 5.75 Å². The zero-order valence-electron chi connectivity index (χ0n) is 13.1. The molecular formula is C16H24N4O. The third-order valence-corrected chi connectivity index (χ3v) is 3.34. The van der Waals surface area contributed by atoms with Crippen LogP contribution in [0.3, 0.4) is 0 Å². The van der Waals surface area contributed by atoms with E-state index in [9.17, 15) is 0 Å². The highest BCUT2D eigenvalue weighted by atomic mass is 16.5. The van der Waals surface area contributed by atoms with Crippen LogP contribution in [0, 0.1) is 0 Å². The van der Waals surface area contributed by atoms with Crippen molar-refractivity contribution < 1.29 is 4.74 Å². The molecule has 5 nitrogen and oxygen atoms in total. The summed E-state index contributed by atoms with van der Waals surface area (Å²) < 4.78 is 7.50. The summed E-state index contributed by atoms with van der Waals surface area (Å²) in [6, 6.07) is 7.95. The summed E-state index contributed by atoms with van der Waals surface area (Å²) in [5, 5.41) is 4.48. The monoisotopic (exact) mass is 288 g/mol. The summed E-state index contributed by atoms with van der Waals surface area (Å²) in [7, 11) is 1.93. The van der Waals surface area contributed by atoms with Crippen LogP contribution in [-0.2, 0) is 13.5 Å². The molecule has 2 rings (SSSR count). The van der Waals surface area contributed by atoms with Crippen molar-refractivity contribution in [1.29, 1.82) is 0 Å². The maximum Gasteiger partial charge on any atom is 0.119 e. The number of nitrogens with one attached hydrogen (secondary N) is 1. The van der Waals surface area contributed by atoms with Crippen molar-refractivity contribution in [1.82, 2.24) is 15.2 Å². The maximum absolute atomic E-state index is 5.77. The minimum absolute atomic E-state index is 0.0678. The Hall–Kier alpha value is -1.85. The van der Waals surface area contributed by atoms with Gasteiger partial charge in [0.2, 0.25) is 0 Å². The molecule has 1 aromatic carbocycles. The second-order valence-corrected chi connectivity index (χ2v) is 5.39. The van der Waals surface area contributed by atoms with Gasteiger partial charge in [-0.3, -0.25) is 10.5 Å². The van der Waals surface area contributed by atoms with Gasteiger partial charge in [0.05, 0.1) is 17.8 Å². The van der Waals surface area contributed by atoms with E-state index < -0.39 is 0 Å². The summed E-state index contributed by atoms with van der Waals surface area (Å²) in [4.78, 5) is 0. The fraction of sp³-hybridized carbons (Fsp3) is 0.438. The fourth-order valence-electron chi connectivity index (χ4n) is 2.45. The first kappa shape index (κ1) is 15.5. The molecule has 0 saturated heterocycles. The van der Waals surface area contributed by atoms with E-state index in [1.165, 1.54) is 0 Å². The molecule has 0 aliphatic carbocycles. The number of nitrogens with two attached hydrogens (primary N) is 1. The van der Waals surface area contributed by atoms with Crippen LogP contribution < -0.4 is 16.0 Å². The predicted octanol–water partition coefficient (Wildman–Crippen LogP) is 2.32. The van der Waals surface area contributed by atoms with Crippen LogP contribution in [0.1, 0.15) is 43.6 Å². The zero-order chi connectivity index (χ0) is 15.4. The van der Waals surface area contributed by atoms with E-state index in [0.717, 1.165) is 29.0 Å². The minimum atomic E-state index is -0.0678. The minimum Gasteiger partial charge on any atom is -0.491 e. The molecule has 1 aromatic heterocycles. The second-order valence-electron chi connectivity index (χ2n) is 5.39. The summed E-state index contributed by atoms with van der Waals surface area (Å²) in [5.41, 5.74) is 6.15. The topological polar surface area (TPSA) is 65.1 Å². The van der Waals surface area contributed by atoms with Crippen LogP contribution >= 0.6 is 0 Å². The summed E-state index contributed by atoms with van der Waals surface area (Å²) >= 11 is 0. The molecule has 0 aliphatic rings. The standard InChI is InChI=1S/C16H24N4O/c1-5-15-14(10-20(4)19-15)16(18-17)12-6-8-13(9-7-12)21-11(2)3/h6-11,16,18H,5,17H2,1-4H3. The lowest BCUT2D eigenvalue weighted by Gasteiger charge is -2.17. The van der Waals surface area contributed by atoms with E-state index in [-0.39, 0.29) is 12.1 Å². The molecule has 0 amide bonds. The summed E-state index contributed by atoms with van der Waals surface area (Å²) in [6.45, 7) is 6.13. The largest absolute Gasteiger partial charge is 0.491 e. The Morgan fingerprint density at radius 1 is 1.29 bits per heavy atom.